The Labute approximate surface area is 153 Å². The summed E-state index contributed by atoms with van der Waals surface area (Å²) in [6, 6.07) is 10.1. The lowest BCUT2D eigenvalue weighted by molar-refractivity contribution is 0.128. The van der Waals surface area contributed by atoms with Crippen LogP contribution in [0.4, 0.5) is 0 Å². The van der Waals surface area contributed by atoms with Crippen LogP contribution in [0.1, 0.15) is 57.6 Å². The second-order valence-electron chi connectivity index (χ2n) is 5.16. The molecule has 142 valence electrons. The predicted octanol–water partition coefficient (Wildman–Crippen LogP) is 5.76. The average molecular weight is 350 g/mol. The van der Waals surface area contributed by atoms with Crippen molar-refractivity contribution in [3.05, 3.63) is 47.3 Å². The molecule has 0 unspecified atom stereocenters. The number of aryl methyl sites for hydroxylation is 2. The number of hydrogen-bond donors (Lipinski definition) is 0. The molecule has 0 aliphatic heterocycles. The van der Waals surface area contributed by atoms with Gasteiger partial charge in [0.15, 0.2) is 0 Å². The van der Waals surface area contributed by atoms with Crippen molar-refractivity contribution in [1.29, 1.82) is 0 Å². The van der Waals surface area contributed by atoms with Crippen molar-refractivity contribution in [3.63, 3.8) is 0 Å². The van der Waals surface area contributed by atoms with Crippen molar-refractivity contribution in [1.82, 2.24) is 5.16 Å². The zero-order valence-electron chi connectivity index (χ0n) is 16.8. The number of rotatable bonds is 9. The fourth-order valence-corrected chi connectivity index (χ4v) is 1.95. The first-order chi connectivity index (χ1) is 12.2. The van der Waals surface area contributed by atoms with E-state index in [4.69, 9.17) is 14.0 Å². The molecular formula is C21H35NO3. The van der Waals surface area contributed by atoms with Crippen LogP contribution in [-0.4, -0.2) is 25.0 Å². The van der Waals surface area contributed by atoms with Gasteiger partial charge in [-0.1, -0.05) is 50.5 Å². The molecule has 0 aliphatic carbocycles. The number of hydrogen-bond acceptors (Lipinski definition) is 4. The van der Waals surface area contributed by atoms with E-state index in [1.165, 1.54) is 5.56 Å². The lowest BCUT2D eigenvalue weighted by atomic mass is 10.2. The highest BCUT2D eigenvalue weighted by Gasteiger charge is 2.00. The fourth-order valence-electron chi connectivity index (χ4n) is 1.95. The summed E-state index contributed by atoms with van der Waals surface area (Å²) in [5.41, 5.74) is 2.20. The summed E-state index contributed by atoms with van der Waals surface area (Å²) in [6.07, 6.45) is 2.80. The van der Waals surface area contributed by atoms with Crippen LogP contribution in [0.3, 0.4) is 0 Å². The maximum Gasteiger partial charge on any atom is 0.133 e. The molecular weight excluding hydrogens is 314 g/mol. The fraction of sp³-hybridized carbons (Fsp3) is 0.571. The third-order valence-electron chi connectivity index (χ3n) is 3.15. The van der Waals surface area contributed by atoms with Crippen LogP contribution >= 0.6 is 0 Å². The average Bonchev–Trinajstić information content (AvgIpc) is 3.07. The quantitative estimate of drug-likeness (QED) is 0.540. The standard InChI is InChI=1S/C17H23NO3.2C2H6/c1-14-5-7-17(8-6-14)20-11-4-3-10-19-12-9-16-13-15(2)21-18-16;2*1-2/h5-8,13H,3-4,9-12H2,1-2H3;2*1-2H3. The largest absolute Gasteiger partial charge is 0.494 e. The molecule has 4 heteroatoms. The van der Waals surface area contributed by atoms with E-state index in [2.05, 4.69) is 24.2 Å². The molecule has 4 nitrogen and oxygen atoms in total. The van der Waals surface area contributed by atoms with Gasteiger partial charge in [0.2, 0.25) is 0 Å². The molecule has 1 aromatic heterocycles. The van der Waals surface area contributed by atoms with Gasteiger partial charge in [-0.05, 0) is 38.8 Å². The minimum Gasteiger partial charge on any atom is -0.494 e. The van der Waals surface area contributed by atoms with Crippen LogP contribution in [0.15, 0.2) is 34.9 Å². The number of benzene rings is 1. The van der Waals surface area contributed by atoms with Crippen LogP contribution in [0, 0.1) is 13.8 Å². The third-order valence-corrected chi connectivity index (χ3v) is 3.15. The van der Waals surface area contributed by atoms with Gasteiger partial charge in [-0.2, -0.15) is 0 Å². The number of ether oxygens (including phenoxy) is 2. The Kier molecular flexibility index (Phi) is 14.6. The summed E-state index contributed by atoms with van der Waals surface area (Å²) in [5.74, 6) is 1.78. The SMILES string of the molecule is CC.CC.Cc1ccc(OCCCCOCCc2cc(C)on2)cc1. The summed E-state index contributed by atoms with van der Waals surface area (Å²) in [4.78, 5) is 0. The summed E-state index contributed by atoms with van der Waals surface area (Å²) in [6.45, 7) is 14.1. The van der Waals surface area contributed by atoms with Gasteiger partial charge in [0.05, 0.1) is 18.9 Å². The summed E-state index contributed by atoms with van der Waals surface area (Å²) in [7, 11) is 0. The van der Waals surface area contributed by atoms with E-state index in [0.29, 0.717) is 6.61 Å². The van der Waals surface area contributed by atoms with Crippen molar-refractivity contribution < 1.29 is 14.0 Å². The van der Waals surface area contributed by atoms with E-state index in [1.54, 1.807) is 0 Å². The van der Waals surface area contributed by atoms with Gasteiger partial charge in [0, 0.05) is 19.1 Å². The Hall–Kier alpha value is -1.81. The predicted molar refractivity (Wildman–Crippen MR) is 104 cm³/mol. The molecule has 25 heavy (non-hydrogen) atoms. The summed E-state index contributed by atoms with van der Waals surface area (Å²) in [5, 5.41) is 3.93. The highest BCUT2D eigenvalue weighted by atomic mass is 16.5. The van der Waals surface area contributed by atoms with E-state index in [0.717, 1.165) is 49.7 Å². The molecule has 0 atom stereocenters. The highest BCUT2D eigenvalue weighted by Crippen LogP contribution is 2.11. The maximum absolute atomic E-state index is 5.66. The maximum atomic E-state index is 5.66. The monoisotopic (exact) mass is 349 g/mol. The van der Waals surface area contributed by atoms with Gasteiger partial charge >= 0.3 is 0 Å². The molecule has 0 radical (unpaired) electrons. The number of nitrogens with zero attached hydrogens (tertiary/aromatic N) is 1. The van der Waals surface area contributed by atoms with Crippen LogP contribution in [-0.2, 0) is 11.2 Å². The molecule has 1 heterocycles. The lowest BCUT2D eigenvalue weighted by Gasteiger charge is -2.06. The topological polar surface area (TPSA) is 44.5 Å². The first kappa shape index (κ1) is 23.2. The molecule has 0 N–H and O–H groups in total. The number of unbranched alkanes of at least 4 members (excludes halogenated alkanes) is 1. The van der Waals surface area contributed by atoms with Crippen molar-refractivity contribution >= 4 is 0 Å². The van der Waals surface area contributed by atoms with Crippen molar-refractivity contribution in [2.24, 2.45) is 0 Å². The van der Waals surface area contributed by atoms with Crippen LogP contribution < -0.4 is 4.74 Å². The third kappa shape index (κ3) is 11.4. The highest BCUT2D eigenvalue weighted by molar-refractivity contribution is 5.26. The van der Waals surface area contributed by atoms with E-state index in [-0.39, 0.29) is 0 Å². The number of aromatic nitrogens is 1. The van der Waals surface area contributed by atoms with Gasteiger partial charge < -0.3 is 14.0 Å². The van der Waals surface area contributed by atoms with Gasteiger partial charge in [-0.15, -0.1) is 0 Å². The Morgan fingerprint density at radius 2 is 1.52 bits per heavy atom. The Morgan fingerprint density at radius 3 is 2.12 bits per heavy atom. The Balaban J connectivity index is 0.00000134. The second-order valence-corrected chi connectivity index (χ2v) is 5.16. The first-order valence-corrected chi connectivity index (χ1v) is 9.43. The molecule has 0 aliphatic rings. The minimum atomic E-state index is 0.685. The molecule has 0 saturated heterocycles. The van der Waals surface area contributed by atoms with Crippen molar-refractivity contribution in [3.8, 4) is 5.75 Å². The molecule has 0 saturated carbocycles. The van der Waals surface area contributed by atoms with Crippen molar-refractivity contribution in [2.75, 3.05) is 19.8 Å². The zero-order chi connectivity index (χ0) is 18.9. The smallest absolute Gasteiger partial charge is 0.133 e. The van der Waals surface area contributed by atoms with E-state index in [1.807, 2.05) is 52.8 Å². The molecule has 0 spiro atoms. The summed E-state index contributed by atoms with van der Waals surface area (Å²) < 4.78 is 16.2. The molecule has 2 aromatic rings. The van der Waals surface area contributed by atoms with Crippen LogP contribution in [0.2, 0.25) is 0 Å². The van der Waals surface area contributed by atoms with Gasteiger partial charge in [0.25, 0.3) is 0 Å². The molecule has 0 bridgehead atoms. The summed E-state index contributed by atoms with van der Waals surface area (Å²) >= 11 is 0. The van der Waals surface area contributed by atoms with E-state index in [9.17, 15) is 0 Å². The first-order valence-electron chi connectivity index (χ1n) is 9.43. The van der Waals surface area contributed by atoms with Crippen molar-refractivity contribution in [2.45, 2.75) is 60.8 Å². The second kappa shape index (κ2) is 15.7. The van der Waals surface area contributed by atoms with Gasteiger partial charge in [0.1, 0.15) is 11.5 Å². The van der Waals surface area contributed by atoms with E-state index < -0.39 is 0 Å². The molecule has 1 aromatic carbocycles. The van der Waals surface area contributed by atoms with E-state index >= 15 is 0 Å². The zero-order valence-corrected chi connectivity index (χ0v) is 16.8. The minimum absolute atomic E-state index is 0.685. The lowest BCUT2D eigenvalue weighted by Crippen LogP contribution is -2.03. The van der Waals surface area contributed by atoms with Crippen LogP contribution in [0.25, 0.3) is 0 Å². The molecule has 0 fully saturated rings. The molecule has 0 amide bonds. The molecule has 2 rings (SSSR count). The van der Waals surface area contributed by atoms with Crippen LogP contribution in [0.5, 0.6) is 5.75 Å². The van der Waals surface area contributed by atoms with Gasteiger partial charge in [-0.25, -0.2) is 0 Å². The van der Waals surface area contributed by atoms with Gasteiger partial charge in [-0.3, -0.25) is 0 Å². The normalized spacial score (nSPS) is 9.52. The Bertz CT molecular complexity index is 520. The Morgan fingerprint density at radius 1 is 0.880 bits per heavy atom.